The molecule has 7 nitrogen and oxygen atoms in total. The molecule has 2 aliphatic rings. The van der Waals surface area contributed by atoms with E-state index in [2.05, 4.69) is 0 Å². The van der Waals surface area contributed by atoms with E-state index < -0.39 is 48.4 Å². The summed E-state index contributed by atoms with van der Waals surface area (Å²) in [4.78, 5) is 23.4. The van der Waals surface area contributed by atoms with Crippen molar-refractivity contribution in [2.24, 2.45) is 17.8 Å². The molecule has 0 unspecified atom stereocenters. The van der Waals surface area contributed by atoms with Crippen molar-refractivity contribution in [2.45, 2.75) is 32.0 Å². The standard InChI is InChI=1S/C12H18O7/c1-5-8-6(4-7(13)18-5)9(10(14)16-2)12(17-3)19-11(8)15/h5-6,8-9,11-12,15H,4H2,1-3H3/t5-,6-,8+,9-,11+,12+/m0/s1. The zero-order chi connectivity index (χ0) is 14.2. The quantitative estimate of drug-likeness (QED) is 0.689. The number of methoxy groups -OCH3 is 2. The smallest absolute Gasteiger partial charge is 0.314 e. The Morgan fingerprint density at radius 3 is 2.68 bits per heavy atom. The van der Waals surface area contributed by atoms with Gasteiger partial charge in [0.25, 0.3) is 0 Å². The first-order valence-corrected chi connectivity index (χ1v) is 6.13. The molecule has 0 aliphatic carbocycles. The van der Waals surface area contributed by atoms with Gasteiger partial charge in [-0.1, -0.05) is 0 Å². The van der Waals surface area contributed by atoms with Crippen LogP contribution in [0.1, 0.15) is 13.3 Å². The van der Waals surface area contributed by atoms with Gasteiger partial charge in [0, 0.05) is 13.5 Å². The van der Waals surface area contributed by atoms with Crippen LogP contribution in [0.4, 0.5) is 0 Å². The van der Waals surface area contributed by atoms with E-state index in [0.29, 0.717) is 0 Å². The number of hydrogen-bond donors (Lipinski definition) is 1. The molecule has 2 aliphatic heterocycles. The Morgan fingerprint density at radius 2 is 2.11 bits per heavy atom. The molecule has 1 N–H and O–H groups in total. The van der Waals surface area contributed by atoms with Gasteiger partial charge in [-0.05, 0) is 12.8 Å². The Labute approximate surface area is 110 Å². The molecule has 0 aromatic heterocycles. The van der Waals surface area contributed by atoms with E-state index in [1.54, 1.807) is 6.92 Å². The van der Waals surface area contributed by atoms with Crippen LogP contribution in [0, 0.1) is 17.8 Å². The highest BCUT2D eigenvalue weighted by Crippen LogP contribution is 2.43. The Bertz CT molecular complexity index is 369. The molecule has 108 valence electrons. The molecule has 2 rings (SSSR count). The van der Waals surface area contributed by atoms with Crippen LogP contribution in [-0.4, -0.2) is 49.9 Å². The van der Waals surface area contributed by atoms with Crippen LogP contribution in [0.15, 0.2) is 0 Å². The first-order chi connectivity index (χ1) is 8.99. The van der Waals surface area contributed by atoms with Gasteiger partial charge in [-0.15, -0.1) is 0 Å². The monoisotopic (exact) mass is 274 g/mol. The van der Waals surface area contributed by atoms with Crippen molar-refractivity contribution >= 4 is 11.9 Å². The number of hydrogen-bond acceptors (Lipinski definition) is 7. The summed E-state index contributed by atoms with van der Waals surface area (Å²) in [5.41, 5.74) is 0. The van der Waals surface area contributed by atoms with Gasteiger partial charge in [0.05, 0.1) is 13.0 Å². The molecule has 7 heteroatoms. The molecule has 0 saturated carbocycles. The summed E-state index contributed by atoms with van der Waals surface area (Å²) >= 11 is 0. The number of fused-ring (bicyclic) bond motifs is 1. The van der Waals surface area contributed by atoms with Gasteiger partial charge >= 0.3 is 11.9 Å². The van der Waals surface area contributed by atoms with E-state index in [1.165, 1.54) is 14.2 Å². The second kappa shape index (κ2) is 5.44. The van der Waals surface area contributed by atoms with Gasteiger partial charge in [0.1, 0.15) is 12.0 Å². The second-order valence-corrected chi connectivity index (χ2v) is 4.82. The molecule has 2 heterocycles. The van der Waals surface area contributed by atoms with E-state index in [0.717, 1.165) is 0 Å². The Morgan fingerprint density at radius 1 is 1.42 bits per heavy atom. The van der Waals surface area contributed by atoms with Crippen LogP contribution in [0.5, 0.6) is 0 Å². The lowest BCUT2D eigenvalue weighted by molar-refractivity contribution is -0.315. The van der Waals surface area contributed by atoms with Gasteiger partial charge in [-0.3, -0.25) is 9.59 Å². The number of esters is 2. The van der Waals surface area contributed by atoms with E-state index in [4.69, 9.17) is 18.9 Å². The summed E-state index contributed by atoms with van der Waals surface area (Å²) in [6.07, 6.45) is -2.55. The minimum Gasteiger partial charge on any atom is -0.469 e. The van der Waals surface area contributed by atoms with Crippen molar-refractivity contribution in [3.8, 4) is 0 Å². The second-order valence-electron chi connectivity index (χ2n) is 4.82. The molecule has 19 heavy (non-hydrogen) atoms. The maximum Gasteiger partial charge on any atom is 0.314 e. The third kappa shape index (κ3) is 2.45. The number of aliphatic hydroxyl groups excluding tert-OH is 1. The van der Waals surface area contributed by atoms with Crippen LogP contribution in [0.2, 0.25) is 0 Å². The number of aliphatic hydroxyl groups is 1. The number of ether oxygens (including phenoxy) is 4. The van der Waals surface area contributed by atoms with E-state index >= 15 is 0 Å². The molecule has 0 spiro atoms. The Kier molecular flexibility index (Phi) is 4.07. The molecule has 6 atom stereocenters. The van der Waals surface area contributed by atoms with Crippen LogP contribution in [0.25, 0.3) is 0 Å². The van der Waals surface area contributed by atoms with Crippen LogP contribution < -0.4 is 0 Å². The molecule has 0 aromatic rings. The summed E-state index contributed by atoms with van der Waals surface area (Å²) in [6.45, 7) is 1.67. The molecule has 0 amide bonds. The fourth-order valence-electron chi connectivity index (χ4n) is 2.96. The molecular formula is C12H18O7. The first-order valence-electron chi connectivity index (χ1n) is 6.13. The van der Waals surface area contributed by atoms with Crippen molar-refractivity contribution in [3.05, 3.63) is 0 Å². The van der Waals surface area contributed by atoms with Gasteiger partial charge in [0.2, 0.25) is 0 Å². The predicted octanol–water partition coefficient (Wildman–Crippen LogP) is -0.336. The largest absolute Gasteiger partial charge is 0.469 e. The fraction of sp³-hybridized carbons (Fsp3) is 0.833. The van der Waals surface area contributed by atoms with Crippen molar-refractivity contribution in [2.75, 3.05) is 14.2 Å². The van der Waals surface area contributed by atoms with Crippen LogP contribution in [-0.2, 0) is 28.5 Å². The molecule has 2 fully saturated rings. The molecule has 0 radical (unpaired) electrons. The summed E-state index contributed by atoms with van der Waals surface area (Å²) in [7, 11) is 2.64. The van der Waals surface area contributed by atoms with Gasteiger partial charge < -0.3 is 24.1 Å². The minimum atomic E-state index is -1.14. The zero-order valence-corrected chi connectivity index (χ0v) is 11.1. The lowest BCUT2D eigenvalue weighted by atomic mass is 9.72. The number of carbonyl (C=O) groups excluding carboxylic acids is 2. The normalized spacial score (nSPS) is 42.2. The summed E-state index contributed by atoms with van der Waals surface area (Å²) in [6, 6.07) is 0. The first kappa shape index (κ1) is 14.2. The molecule has 0 bridgehead atoms. The van der Waals surface area contributed by atoms with Crippen molar-refractivity contribution < 1.29 is 33.6 Å². The van der Waals surface area contributed by atoms with Crippen molar-refractivity contribution in [3.63, 3.8) is 0 Å². The van der Waals surface area contributed by atoms with Crippen molar-refractivity contribution in [1.29, 1.82) is 0 Å². The predicted molar refractivity (Wildman–Crippen MR) is 60.5 cm³/mol. The zero-order valence-electron chi connectivity index (χ0n) is 11.1. The molecule has 2 saturated heterocycles. The Balaban J connectivity index is 2.32. The minimum absolute atomic E-state index is 0.0368. The number of cyclic esters (lactones) is 1. The average molecular weight is 274 g/mol. The highest BCUT2D eigenvalue weighted by molar-refractivity contribution is 5.76. The third-order valence-electron chi connectivity index (χ3n) is 3.82. The fourth-order valence-corrected chi connectivity index (χ4v) is 2.96. The highest BCUT2D eigenvalue weighted by atomic mass is 16.7. The van der Waals surface area contributed by atoms with E-state index in [-0.39, 0.29) is 6.42 Å². The summed E-state index contributed by atoms with van der Waals surface area (Å²) < 4.78 is 20.2. The number of carbonyl (C=O) groups is 2. The van der Waals surface area contributed by atoms with Crippen LogP contribution >= 0.6 is 0 Å². The SMILES string of the molecule is COC(=O)[C@H]1[C@H](OC)O[C@@H](O)[C@H]2[C@@H]1CC(=O)O[C@H]2C. The molecular weight excluding hydrogens is 256 g/mol. The van der Waals surface area contributed by atoms with Crippen molar-refractivity contribution in [1.82, 2.24) is 0 Å². The Hall–Kier alpha value is -1.18. The topological polar surface area (TPSA) is 91.3 Å². The summed E-state index contributed by atoms with van der Waals surface area (Å²) in [5.74, 6) is -2.55. The van der Waals surface area contributed by atoms with Crippen LogP contribution in [0.3, 0.4) is 0 Å². The summed E-state index contributed by atoms with van der Waals surface area (Å²) in [5, 5.41) is 9.99. The lowest BCUT2D eigenvalue weighted by Gasteiger charge is -2.47. The molecule has 0 aromatic carbocycles. The average Bonchev–Trinajstić information content (AvgIpc) is 2.36. The maximum atomic E-state index is 11.9. The van der Waals surface area contributed by atoms with Gasteiger partial charge in [-0.2, -0.15) is 0 Å². The number of rotatable bonds is 2. The van der Waals surface area contributed by atoms with E-state index in [1.807, 2.05) is 0 Å². The highest BCUT2D eigenvalue weighted by Gasteiger charge is 2.54. The van der Waals surface area contributed by atoms with Gasteiger partial charge in [-0.25, -0.2) is 0 Å². The third-order valence-corrected chi connectivity index (χ3v) is 3.82. The lowest BCUT2D eigenvalue weighted by Crippen LogP contribution is -2.57. The maximum absolute atomic E-state index is 11.9. The van der Waals surface area contributed by atoms with Gasteiger partial charge in [0.15, 0.2) is 12.6 Å². The van der Waals surface area contributed by atoms with E-state index in [9.17, 15) is 14.7 Å².